The molecule has 0 unspecified atom stereocenters. The molecule has 2 aromatic heterocycles. The number of nitrogens with one attached hydrogen (secondary N) is 2. The molecule has 0 aliphatic heterocycles. The highest BCUT2D eigenvalue weighted by Crippen LogP contribution is 2.30. The molecule has 0 aromatic carbocycles. The minimum atomic E-state index is -3.72. The van der Waals surface area contributed by atoms with Crippen LogP contribution in [0.3, 0.4) is 0 Å². The van der Waals surface area contributed by atoms with E-state index in [1.165, 1.54) is 18.5 Å². The van der Waals surface area contributed by atoms with Crippen LogP contribution in [0, 0.1) is 0 Å². The van der Waals surface area contributed by atoms with E-state index in [2.05, 4.69) is 15.6 Å². The van der Waals surface area contributed by atoms with E-state index in [4.69, 9.17) is 0 Å². The summed E-state index contributed by atoms with van der Waals surface area (Å²) in [5, 5.41) is 5.50. The largest absolute Gasteiger partial charge is 0.346 e. The van der Waals surface area contributed by atoms with Crippen LogP contribution in [-0.2, 0) is 19.4 Å². The molecule has 25 heavy (non-hydrogen) atoms. The molecular weight excluding hydrogens is 362 g/mol. The Kier molecular flexibility index (Phi) is 6.27. The predicted molar refractivity (Wildman–Crippen MR) is 94.8 cm³/mol. The van der Waals surface area contributed by atoms with Crippen LogP contribution < -0.4 is 10.6 Å². The molecule has 0 fully saturated rings. The Balaban J connectivity index is 2.23. The van der Waals surface area contributed by atoms with Crippen molar-refractivity contribution < 1.29 is 18.0 Å². The third-order valence-corrected chi connectivity index (χ3v) is 6.81. The van der Waals surface area contributed by atoms with E-state index >= 15 is 0 Å². The van der Waals surface area contributed by atoms with Gasteiger partial charge in [-0.15, -0.1) is 11.3 Å². The molecular formula is C16H19N3O4S2. The quantitative estimate of drug-likeness (QED) is 0.734. The van der Waals surface area contributed by atoms with Gasteiger partial charge < -0.3 is 10.6 Å². The first-order chi connectivity index (χ1) is 11.8. The first kappa shape index (κ1) is 19.1. The average molecular weight is 381 g/mol. The first-order valence-electron chi connectivity index (χ1n) is 7.58. The molecule has 2 heterocycles. The Bertz CT molecular complexity index is 818. The van der Waals surface area contributed by atoms with Gasteiger partial charge in [-0.3, -0.25) is 14.6 Å². The van der Waals surface area contributed by atoms with Gasteiger partial charge in [-0.05, 0) is 36.9 Å². The van der Waals surface area contributed by atoms with E-state index in [0.717, 1.165) is 11.3 Å². The maximum absolute atomic E-state index is 12.9. The summed E-state index contributed by atoms with van der Waals surface area (Å²) >= 11 is 1.10. The van der Waals surface area contributed by atoms with Crippen LogP contribution in [0.2, 0.25) is 0 Å². The zero-order chi connectivity index (χ0) is 18.4. The van der Waals surface area contributed by atoms with Crippen molar-refractivity contribution >= 4 is 33.0 Å². The molecule has 0 aliphatic carbocycles. The van der Waals surface area contributed by atoms with Gasteiger partial charge in [0.15, 0.2) is 9.84 Å². The van der Waals surface area contributed by atoms with Gasteiger partial charge in [0, 0.05) is 25.0 Å². The van der Waals surface area contributed by atoms with Crippen LogP contribution in [0.25, 0.3) is 0 Å². The third kappa shape index (κ3) is 4.86. The fourth-order valence-corrected chi connectivity index (χ4v) is 4.98. The van der Waals surface area contributed by atoms with Crippen molar-refractivity contribution in [2.75, 3.05) is 6.54 Å². The fourth-order valence-electron chi connectivity index (χ4n) is 2.13. The van der Waals surface area contributed by atoms with Gasteiger partial charge >= 0.3 is 11.8 Å². The van der Waals surface area contributed by atoms with Crippen LogP contribution in [0.5, 0.6) is 0 Å². The molecule has 2 N–H and O–H groups in total. The lowest BCUT2D eigenvalue weighted by molar-refractivity contribution is -0.139. The van der Waals surface area contributed by atoms with Crippen molar-refractivity contribution in [3.63, 3.8) is 0 Å². The number of aromatic nitrogens is 1. The molecule has 0 saturated heterocycles. The van der Waals surface area contributed by atoms with Crippen LogP contribution in [0.15, 0.2) is 46.2 Å². The number of thiophene rings is 1. The van der Waals surface area contributed by atoms with E-state index in [1.807, 2.05) is 0 Å². The smallest absolute Gasteiger partial charge is 0.309 e. The van der Waals surface area contributed by atoms with Crippen molar-refractivity contribution in [2.45, 2.75) is 29.3 Å². The minimum absolute atomic E-state index is 0.192. The zero-order valence-corrected chi connectivity index (χ0v) is 15.4. The summed E-state index contributed by atoms with van der Waals surface area (Å²) in [5.74, 6) is -1.67. The van der Waals surface area contributed by atoms with Crippen LogP contribution in [-0.4, -0.2) is 37.8 Å². The average Bonchev–Trinajstić information content (AvgIpc) is 3.10. The number of amides is 2. The molecule has 2 aromatic rings. The van der Waals surface area contributed by atoms with Crippen molar-refractivity contribution in [3.8, 4) is 0 Å². The second-order valence-electron chi connectivity index (χ2n) is 5.59. The number of carbonyl (C=O) groups is 2. The second kappa shape index (κ2) is 8.21. The predicted octanol–water partition coefficient (Wildman–Crippen LogP) is 1.30. The highest BCUT2D eigenvalue weighted by Gasteiger charge is 2.31. The number of carbonyl (C=O) groups excluding carboxylic acids is 2. The Hall–Kier alpha value is -2.26. The SMILES string of the molecule is CC(C)NC(=O)C(=O)NC[C@H](c1cccnc1)S(=O)(=O)c1cccs1. The molecule has 7 nitrogen and oxygen atoms in total. The summed E-state index contributed by atoms with van der Waals surface area (Å²) in [5.41, 5.74) is 0.445. The minimum Gasteiger partial charge on any atom is -0.346 e. The summed E-state index contributed by atoms with van der Waals surface area (Å²) in [4.78, 5) is 27.5. The maximum atomic E-state index is 12.9. The lowest BCUT2D eigenvalue weighted by atomic mass is 10.2. The summed E-state index contributed by atoms with van der Waals surface area (Å²) in [7, 11) is -3.72. The molecule has 1 atom stereocenters. The van der Waals surface area contributed by atoms with Gasteiger partial charge in [0.25, 0.3) is 0 Å². The third-order valence-electron chi connectivity index (χ3n) is 3.28. The molecule has 0 saturated carbocycles. The molecule has 0 radical (unpaired) electrons. The van der Waals surface area contributed by atoms with E-state index in [9.17, 15) is 18.0 Å². The van der Waals surface area contributed by atoms with Crippen molar-refractivity contribution in [1.82, 2.24) is 15.6 Å². The summed E-state index contributed by atoms with van der Waals surface area (Å²) in [6.45, 7) is 3.23. The first-order valence-corrected chi connectivity index (χ1v) is 10.0. The van der Waals surface area contributed by atoms with Crippen molar-refractivity contribution in [3.05, 3.63) is 47.6 Å². The van der Waals surface area contributed by atoms with Crippen molar-refractivity contribution in [1.29, 1.82) is 0 Å². The number of rotatable bonds is 6. The van der Waals surface area contributed by atoms with E-state index < -0.39 is 26.9 Å². The summed E-state index contributed by atoms with van der Waals surface area (Å²) in [6.07, 6.45) is 2.98. The molecule has 2 amide bonds. The Morgan fingerprint density at radius 2 is 1.96 bits per heavy atom. The highest BCUT2D eigenvalue weighted by atomic mass is 32.2. The fraction of sp³-hybridized carbons (Fsp3) is 0.312. The molecule has 0 spiro atoms. The molecule has 0 bridgehead atoms. The number of sulfone groups is 1. The standard InChI is InChI=1S/C16H19N3O4S2/c1-11(2)19-16(21)15(20)18-10-13(12-5-3-7-17-9-12)25(22,23)14-6-4-8-24-14/h3-9,11,13H,10H2,1-2H3,(H,18,20)(H,19,21)/t13-/m1/s1. The molecule has 0 aliphatic rings. The Morgan fingerprint density at radius 1 is 1.20 bits per heavy atom. The molecule has 134 valence electrons. The Labute approximate surface area is 150 Å². The number of pyridine rings is 1. The van der Waals surface area contributed by atoms with Gasteiger partial charge in [-0.25, -0.2) is 8.42 Å². The number of nitrogens with zero attached hydrogens (tertiary/aromatic N) is 1. The zero-order valence-electron chi connectivity index (χ0n) is 13.8. The lowest BCUT2D eigenvalue weighted by Gasteiger charge is -2.18. The monoisotopic (exact) mass is 381 g/mol. The molecule has 9 heteroatoms. The van der Waals surface area contributed by atoms with Gasteiger partial charge in [0.1, 0.15) is 9.46 Å². The lowest BCUT2D eigenvalue weighted by Crippen LogP contribution is -2.44. The number of hydrogen-bond donors (Lipinski definition) is 2. The molecule has 2 rings (SSSR count). The van der Waals surface area contributed by atoms with Gasteiger partial charge in [-0.2, -0.15) is 0 Å². The highest BCUT2D eigenvalue weighted by molar-refractivity contribution is 7.93. The van der Waals surface area contributed by atoms with E-state index in [-0.39, 0.29) is 16.8 Å². The van der Waals surface area contributed by atoms with Crippen LogP contribution in [0.4, 0.5) is 0 Å². The van der Waals surface area contributed by atoms with Gasteiger partial charge in [-0.1, -0.05) is 12.1 Å². The maximum Gasteiger partial charge on any atom is 0.309 e. The number of hydrogen-bond acceptors (Lipinski definition) is 6. The summed E-state index contributed by atoms with van der Waals surface area (Å²) in [6, 6.07) is 6.22. The van der Waals surface area contributed by atoms with Crippen molar-refractivity contribution in [2.24, 2.45) is 0 Å². The normalized spacial score (nSPS) is 12.6. The van der Waals surface area contributed by atoms with E-state index in [0.29, 0.717) is 5.56 Å². The van der Waals surface area contributed by atoms with E-state index in [1.54, 1.807) is 37.4 Å². The second-order valence-corrected chi connectivity index (χ2v) is 8.90. The Morgan fingerprint density at radius 3 is 2.52 bits per heavy atom. The van der Waals surface area contributed by atoms with Crippen LogP contribution in [0.1, 0.15) is 24.7 Å². The topological polar surface area (TPSA) is 105 Å². The van der Waals surface area contributed by atoms with Crippen LogP contribution >= 0.6 is 11.3 Å². The summed E-state index contributed by atoms with van der Waals surface area (Å²) < 4.78 is 26.0. The van der Waals surface area contributed by atoms with Gasteiger partial charge in [0.05, 0.1) is 0 Å². The van der Waals surface area contributed by atoms with Gasteiger partial charge in [0.2, 0.25) is 0 Å².